The van der Waals surface area contributed by atoms with Crippen molar-refractivity contribution in [3.63, 3.8) is 0 Å². The first-order valence-electron chi connectivity index (χ1n) is 15.5. The number of unbranched alkanes of at least 4 members (excludes halogenated alkanes) is 1. The van der Waals surface area contributed by atoms with Gasteiger partial charge in [-0.1, -0.05) is 6.42 Å². The minimum Gasteiger partial charge on any atom is -0.396 e. The number of rotatable bonds is 25. The van der Waals surface area contributed by atoms with Gasteiger partial charge in [-0.2, -0.15) is 149 Å². The predicted octanol–water partition coefficient (Wildman–Crippen LogP) is 14.4. The molecule has 0 aromatic rings. The second-order valence-electron chi connectivity index (χ2n) is 12.8. The minimum atomic E-state index is -9.10. The summed E-state index contributed by atoms with van der Waals surface area (Å²) in [6, 6.07) is 0. The number of hydrogen-bond donors (Lipinski definition) is 1. The Kier molecular flexibility index (Phi) is 17.9. The van der Waals surface area contributed by atoms with E-state index in [0.29, 0.717) is 0 Å². The van der Waals surface area contributed by atoms with Crippen molar-refractivity contribution in [2.24, 2.45) is 0 Å². The highest BCUT2D eigenvalue weighted by Gasteiger charge is 2.97. The van der Waals surface area contributed by atoms with Gasteiger partial charge in [0.2, 0.25) is 0 Å². The van der Waals surface area contributed by atoms with Crippen LogP contribution in [-0.4, -0.2) is 129 Å². The number of hydrogen-bond acceptors (Lipinski definition) is 3. The van der Waals surface area contributed by atoms with E-state index in [2.05, 4.69) is 0 Å². The van der Waals surface area contributed by atoms with Gasteiger partial charge in [0.1, 0.15) is 0 Å². The number of halogens is 36. The number of aliphatic hydroxyl groups excluding tert-OH is 1. The average Bonchev–Trinajstić information content (AvgIpc) is 3.08. The third kappa shape index (κ3) is 10.2. The molecule has 0 saturated carbocycles. The number of thioether (sulfide) groups is 2. The van der Waals surface area contributed by atoms with Crippen molar-refractivity contribution in [2.45, 2.75) is 144 Å². The molecule has 0 aliphatic rings. The Morgan fingerprint density at radius 3 is 0.831 bits per heavy atom. The van der Waals surface area contributed by atoms with Crippen molar-refractivity contribution in [2.75, 3.05) is 12.4 Å². The van der Waals surface area contributed by atoms with Crippen LogP contribution in [0.15, 0.2) is 0 Å². The Morgan fingerprint density at radius 1 is 0.323 bits per heavy atom. The molecule has 0 aromatic carbocycles. The van der Waals surface area contributed by atoms with E-state index in [1.54, 1.807) is 0 Å². The van der Waals surface area contributed by atoms with Crippen LogP contribution in [0.3, 0.4) is 0 Å². The van der Waals surface area contributed by atoms with Crippen LogP contribution in [0.4, 0.5) is 158 Å². The van der Waals surface area contributed by atoms with Gasteiger partial charge in [0, 0.05) is 17.6 Å². The highest BCUT2D eigenvalue weighted by molar-refractivity contribution is 8.03. The summed E-state index contributed by atoms with van der Waals surface area (Å²) in [5, 5.41) is 6.34. The molecule has 0 aliphatic heterocycles. The smallest absolute Gasteiger partial charge is 0.396 e. The highest BCUT2D eigenvalue weighted by atomic mass is 32.2. The van der Waals surface area contributed by atoms with Crippen molar-refractivity contribution >= 4 is 23.5 Å². The van der Waals surface area contributed by atoms with Crippen LogP contribution < -0.4 is 0 Å². The molecule has 65 heavy (non-hydrogen) atoms. The maximum atomic E-state index is 14.6. The van der Waals surface area contributed by atoms with Crippen LogP contribution in [0.2, 0.25) is 0 Å². The van der Waals surface area contributed by atoms with Crippen molar-refractivity contribution in [1.82, 2.24) is 0 Å². The maximum Gasteiger partial charge on any atom is 0.460 e. The lowest BCUT2D eigenvalue weighted by Gasteiger charge is -2.43. The minimum absolute atomic E-state index is 0.619. The van der Waals surface area contributed by atoms with E-state index >= 15 is 0 Å². The fourth-order valence-corrected chi connectivity index (χ4v) is 6.75. The summed E-state index contributed by atoms with van der Waals surface area (Å²) in [6.45, 7) is -0.986. The van der Waals surface area contributed by atoms with E-state index in [-0.39, 0.29) is 0 Å². The highest BCUT2D eigenvalue weighted by Crippen LogP contribution is 2.66. The van der Waals surface area contributed by atoms with Gasteiger partial charge in [-0.3, -0.25) is 0 Å². The normalized spacial score (nSPS) is 17.7. The fraction of sp³-hybridized carbons (Fsp3) is 1.00. The summed E-state index contributed by atoms with van der Waals surface area (Å²) < 4.78 is 486. The Balaban J connectivity index is 6.61. The van der Waals surface area contributed by atoms with Gasteiger partial charge in [-0.15, -0.1) is 23.5 Å². The summed E-state index contributed by atoms with van der Waals surface area (Å²) in [5.74, 6) is -123. The molecule has 1 nitrogen and oxygen atoms in total. The van der Waals surface area contributed by atoms with Crippen molar-refractivity contribution in [3.8, 4) is 0 Å². The van der Waals surface area contributed by atoms with Crippen molar-refractivity contribution < 1.29 is 163 Å². The molecule has 3 atom stereocenters. The predicted molar refractivity (Wildman–Crippen MR) is 145 cm³/mol. The summed E-state index contributed by atoms with van der Waals surface area (Å²) in [7, 11) is 0. The maximum absolute atomic E-state index is 14.6. The zero-order valence-corrected chi connectivity index (χ0v) is 31.2. The van der Waals surface area contributed by atoms with Crippen LogP contribution in [0, 0.1) is 0 Å². The Bertz CT molecular complexity index is 1560. The van der Waals surface area contributed by atoms with E-state index in [0.717, 1.165) is 0 Å². The van der Waals surface area contributed by atoms with Crippen molar-refractivity contribution in [3.05, 3.63) is 0 Å². The molecule has 392 valence electrons. The molecular weight excluding hydrogens is 1080 g/mol. The van der Waals surface area contributed by atoms with E-state index in [1.165, 1.54) is 0 Å². The monoisotopic (exact) mass is 1090 g/mol. The molecule has 0 saturated heterocycles. The second-order valence-corrected chi connectivity index (χ2v) is 15.5. The largest absolute Gasteiger partial charge is 0.460 e. The quantitative estimate of drug-likeness (QED) is 0.0727. The SMILES string of the molecule is OCCCCC(CSC(F)CC(F)(F)C(F)(F)C(F)(F)C(F)(F)C(F)(F)C(F)(F)C(F)(F)C(F)(F)F)SC(F)CC(F)(F)C(F)(F)C(F)(F)C(F)(F)C(F)(F)C(F)(F)C(F)(F)C(F)(F)F. The van der Waals surface area contributed by atoms with E-state index in [4.69, 9.17) is 5.11 Å². The molecular formula is C26H18F36OS2. The van der Waals surface area contributed by atoms with E-state index in [1.807, 2.05) is 0 Å². The lowest BCUT2D eigenvalue weighted by molar-refractivity contribution is -0.462. The average molecular weight is 1090 g/mol. The van der Waals surface area contributed by atoms with Crippen molar-refractivity contribution in [1.29, 1.82) is 0 Å². The number of aliphatic hydroxyl groups is 1. The summed E-state index contributed by atoms with van der Waals surface area (Å²) in [4.78, 5) is 0. The van der Waals surface area contributed by atoms with Crippen LogP contribution in [-0.2, 0) is 0 Å². The number of alkyl halides is 36. The van der Waals surface area contributed by atoms with Gasteiger partial charge in [0.05, 0.1) is 12.8 Å². The van der Waals surface area contributed by atoms with Gasteiger partial charge >= 0.3 is 95.3 Å². The molecule has 0 heterocycles. The molecule has 0 rings (SSSR count). The second kappa shape index (κ2) is 18.5. The lowest BCUT2D eigenvalue weighted by atomic mass is 9.88. The molecule has 0 bridgehead atoms. The summed E-state index contributed by atoms with van der Waals surface area (Å²) in [6.07, 6.45) is -26.3. The molecule has 3 unspecified atom stereocenters. The Hall–Kier alpha value is -1.86. The fourth-order valence-electron chi connectivity index (χ4n) is 4.25. The standard InChI is InChI=1S/C26H18F36OS2/c27-9(5-11(29,30)13(33,34)15(37,38)17(41,42)19(45,46)21(49,50)23(53,54)25(57,58)59)64-7-8(3-1-2-4-63)65-10(28)6-12(31,32)14(35,36)16(39,40)18(43,44)20(47,48)22(51,52)24(55,56)26(60,61)62/h8-10,63H,1-7H2. The van der Waals surface area contributed by atoms with Gasteiger partial charge in [0.15, 0.2) is 11.0 Å². The molecule has 0 aliphatic carbocycles. The lowest BCUT2D eigenvalue weighted by Crippen LogP contribution is -2.74. The van der Waals surface area contributed by atoms with E-state index in [9.17, 15) is 158 Å². The van der Waals surface area contributed by atoms with Gasteiger partial charge in [0.25, 0.3) is 0 Å². The zero-order valence-electron chi connectivity index (χ0n) is 29.6. The molecule has 0 amide bonds. The van der Waals surface area contributed by atoms with Crippen LogP contribution in [0.25, 0.3) is 0 Å². The molecule has 0 fully saturated rings. The van der Waals surface area contributed by atoms with Gasteiger partial charge in [-0.05, 0) is 12.8 Å². The molecule has 39 heteroatoms. The third-order valence-corrected chi connectivity index (χ3v) is 10.7. The summed E-state index contributed by atoms with van der Waals surface area (Å²) in [5.41, 5.74) is -8.39. The molecule has 0 radical (unpaired) electrons. The molecule has 0 aromatic heterocycles. The van der Waals surface area contributed by atoms with Gasteiger partial charge in [-0.25, -0.2) is 8.78 Å². The first kappa shape index (κ1) is 63.1. The third-order valence-electron chi connectivity index (χ3n) is 8.15. The zero-order chi connectivity index (χ0) is 53.1. The Labute approximate surface area is 343 Å². The first-order chi connectivity index (χ1) is 27.9. The first-order valence-corrected chi connectivity index (χ1v) is 17.5. The molecule has 1 N–H and O–H groups in total. The topological polar surface area (TPSA) is 20.2 Å². The summed E-state index contributed by atoms with van der Waals surface area (Å²) >= 11 is -2.37. The Morgan fingerprint density at radius 2 is 0.569 bits per heavy atom. The van der Waals surface area contributed by atoms with E-state index < -0.39 is 180 Å². The van der Waals surface area contributed by atoms with Gasteiger partial charge < -0.3 is 5.11 Å². The molecule has 0 spiro atoms. The van der Waals surface area contributed by atoms with Crippen LogP contribution >= 0.6 is 23.5 Å². The van der Waals surface area contributed by atoms with Crippen LogP contribution in [0.5, 0.6) is 0 Å². The van der Waals surface area contributed by atoms with Crippen LogP contribution in [0.1, 0.15) is 32.1 Å².